The van der Waals surface area contributed by atoms with Gasteiger partial charge < -0.3 is 21.1 Å². The molecule has 1 fully saturated rings. The van der Waals surface area contributed by atoms with Crippen LogP contribution in [0.4, 0.5) is 0 Å². The number of phenols is 1. The van der Waals surface area contributed by atoms with E-state index in [1.807, 2.05) is 0 Å². The molecule has 1 aromatic carbocycles. The molecule has 1 aromatic rings. The van der Waals surface area contributed by atoms with Crippen LogP contribution in [-0.4, -0.2) is 47.5 Å². The molecule has 20 heavy (non-hydrogen) atoms. The van der Waals surface area contributed by atoms with Gasteiger partial charge in [-0.3, -0.25) is 9.59 Å². The molecule has 1 atom stereocenters. The molecule has 1 saturated heterocycles. The van der Waals surface area contributed by atoms with Crippen LogP contribution in [-0.2, 0) is 16.0 Å². The number of aromatic hydroxyl groups is 1. The van der Waals surface area contributed by atoms with E-state index in [0.717, 1.165) is 12.0 Å². The van der Waals surface area contributed by atoms with Crippen LogP contribution in [0, 0.1) is 0 Å². The van der Waals surface area contributed by atoms with Gasteiger partial charge in [-0.1, -0.05) is 12.1 Å². The number of rotatable bonds is 3. The third-order valence-electron chi connectivity index (χ3n) is 3.28. The molecule has 2 amide bonds. The first-order valence-electron chi connectivity index (χ1n) is 6.65. The summed E-state index contributed by atoms with van der Waals surface area (Å²) in [5.41, 5.74) is 6.81. The molecule has 0 aliphatic carbocycles. The molecule has 0 spiro atoms. The number of carbonyl (C=O) groups excluding carboxylic acids is 2. The molecule has 6 heteroatoms. The van der Waals surface area contributed by atoms with Crippen LogP contribution in [0.5, 0.6) is 5.75 Å². The second kappa shape index (κ2) is 6.38. The zero-order valence-electron chi connectivity index (χ0n) is 11.2. The molecular formula is C14H19N3O3. The summed E-state index contributed by atoms with van der Waals surface area (Å²) >= 11 is 0. The second-order valence-corrected chi connectivity index (χ2v) is 4.94. The average Bonchev–Trinajstić information content (AvgIpc) is 2.65. The van der Waals surface area contributed by atoms with Crippen LogP contribution in [0.15, 0.2) is 24.3 Å². The topological polar surface area (TPSA) is 95.7 Å². The van der Waals surface area contributed by atoms with E-state index >= 15 is 0 Å². The van der Waals surface area contributed by atoms with Gasteiger partial charge >= 0.3 is 0 Å². The van der Waals surface area contributed by atoms with Crippen LogP contribution in [0.1, 0.15) is 12.0 Å². The highest BCUT2D eigenvalue weighted by Gasteiger charge is 2.24. The summed E-state index contributed by atoms with van der Waals surface area (Å²) in [5.74, 6) is -0.180. The van der Waals surface area contributed by atoms with Crippen molar-refractivity contribution >= 4 is 11.8 Å². The van der Waals surface area contributed by atoms with E-state index in [0.29, 0.717) is 19.5 Å². The molecule has 6 nitrogen and oxygen atoms in total. The molecule has 1 aliphatic heterocycles. The standard InChI is InChI=1S/C14H19N3O3/c15-12(8-10-2-4-11(18)5-3-10)14(20)17-7-1-6-16-13(19)9-17/h2-5,12,18H,1,6-9,15H2,(H,16,19). The van der Waals surface area contributed by atoms with Gasteiger partial charge in [-0.05, 0) is 30.5 Å². The van der Waals surface area contributed by atoms with Crippen molar-refractivity contribution in [3.05, 3.63) is 29.8 Å². The summed E-state index contributed by atoms with van der Waals surface area (Å²) in [6.07, 6.45) is 1.13. The largest absolute Gasteiger partial charge is 0.508 e. The summed E-state index contributed by atoms with van der Waals surface area (Å²) in [7, 11) is 0. The summed E-state index contributed by atoms with van der Waals surface area (Å²) in [6, 6.07) is 5.91. The molecule has 0 saturated carbocycles. The molecule has 0 radical (unpaired) electrons. The fourth-order valence-electron chi connectivity index (χ4n) is 2.20. The maximum absolute atomic E-state index is 12.2. The minimum atomic E-state index is -0.676. The van der Waals surface area contributed by atoms with Crippen molar-refractivity contribution in [1.29, 1.82) is 0 Å². The Morgan fingerprint density at radius 3 is 2.80 bits per heavy atom. The molecule has 108 valence electrons. The minimum Gasteiger partial charge on any atom is -0.508 e. The van der Waals surface area contributed by atoms with Crippen molar-refractivity contribution in [3.8, 4) is 5.75 Å². The van der Waals surface area contributed by atoms with E-state index in [-0.39, 0.29) is 24.1 Å². The number of nitrogens with two attached hydrogens (primary N) is 1. The van der Waals surface area contributed by atoms with Crippen molar-refractivity contribution in [2.45, 2.75) is 18.9 Å². The van der Waals surface area contributed by atoms with Gasteiger partial charge in [0.2, 0.25) is 11.8 Å². The van der Waals surface area contributed by atoms with Crippen LogP contribution < -0.4 is 11.1 Å². The SMILES string of the molecule is NC(Cc1ccc(O)cc1)C(=O)N1CCCNC(=O)C1. The van der Waals surface area contributed by atoms with Gasteiger partial charge in [-0.15, -0.1) is 0 Å². The van der Waals surface area contributed by atoms with Gasteiger partial charge in [0, 0.05) is 13.1 Å². The summed E-state index contributed by atoms with van der Waals surface area (Å²) in [4.78, 5) is 25.2. The van der Waals surface area contributed by atoms with Crippen molar-refractivity contribution in [2.75, 3.05) is 19.6 Å². The van der Waals surface area contributed by atoms with Gasteiger partial charge in [0.15, 0.2) is 0 Å². The fraction of sp³-hybridized carbons (Fsp3) is 0.429. The van der Waals surface area contributed by atoms with E-state index in [1.165, 1.54) is 4.90 Å². The molecule has 1 aliphatic rings. The number of phenolic OH excluding ortho intramolecular Hbond substituents is 1. The van der Waals surface area contributed by atoms with E-state index < -0.39 is 6.04 Å². The number of nitrogens with zero attached hydrogens (tertiary/aromatic N) is 1. The van der Waals surface area contributed by atoms with E-state index in [9.17, 15) is 14.7 Å². The Bertz CT molecular complexity index is 487. The highest BCUT2D eigenvalue weighted by molar-refractivity contribution is 5.87. The number of hydrogen-bond acceptors (Lipinski definition) is 4. The van der Waals surface area contributed by atoms with E-state index in [4.69, 9.17) is 5.73 Å². The molecule has 4 N–H and O–H groups in total. The molecular weight excluding hydrogens is 258 g/mol. The first-order valence-corrected chi connectivity index (χ1v) is 6.65. The first kappa shape index (κ1) is 14.3. The minimum absolute atomic E-state index is 0.0715. The number of carbonyl (C=O) groups is 2. The second-order valence-electron chi connectivity index (χ2n) is 4.94. The Hall–Kier alpha value is -2.08. The smallest absolute Gasteiger partial charge is 0.240 e. The Labute approximate surface area is 117 Å². The average molecular weight is 277 g/mol. The van der Waals surface area contributed by atoms with Crippen LogP contribution in [0.3, 0.4) is 0 Å². The maximum atomic E-state index is 12.2. The Balaban J connectivity index is 1.97. The number of benzene rings is 1. The van der Waals surface area contributed by atoms with Gasteiger partial charge in [0.1, 0.15) is 5.75 Å². The monoisotopic (exact) mass is 277 g/mol. The Morgan fingerprint density at radius 2 is 2.10 bits per heavy atom. The number of amides is 2. The van der Waals surface area contributed by atoms with E-state index in [1.54, 1.807) is 24.3 Å². The number of hydrogen-bond donors (Lipinski definition) is 3. The van der Waals surface area contributed by atoms with Gasteiger partial charge in [0.05, 0.1) is 12.6 Å². The molecule has 2 rings (SSSR count). The third kappa shape index (κ3) is 3.71. The van der Waals surface area contributed by atoms with Crippen molar-refractivity contribution in [3.63, 3.8) is 0 Å². The summed E-state index contributed by atoms with van der Waals surface area (Å²) in [6.45, 7) is 1.21. The predicted molar refractivity (Wildman–Crippen MR) is 74.0 cm³/mol. The third-order valence-corrected chi connectivity index (χ3v) is 3.28. The fourth-order valence-corrected chi connectivity index (χ4v) is 2.20. The summed E-state index contributed by atoms with van der Waals surface area (Å²) in [5, 5.41) is 11.9. The van der Waals surface area contributed by atoms with Gasteiger partial charge in [-0.2, -0.15) is 0 Å². The van der Waals surface area contributed by atoms with Crippen molar-refractivity contribution in [2.24, 2.45) is 5.73 Å². The zero-order chi connectivity index (χ0) is 14.5. The lowest BCUT2D eigenvalue weighted by Crippen LogP contribution is -2.47. The Morgan fingerprint density at radius 1 is 1.40 bits per heavy atom. The van der Waals surface area contributed by atoms with Crippen molar-refractivity contribution in [1.82, 2.24) is 10.2 Å². The highest BCUT2D eigenvalue weighted by Crippen LogP contribution is 2.12. The molecule has 1 heterocycles. The first-order chi connectivity index (χ1) is 9.56. The predicted octanol–water partition coefficient (Wildman–Crippen LogP) is -0.390. The van der Waals surface area contributed by atoms with Gasteiger partial charge in [0.25, 0.3) is 0 Å². The van der Waals surface area contributed by atoms with Crippen molar-refractivity contribution < 1.29 is 14.7 Å². The van der Waals surface area contributed by atoms with Crippen LogP contribution in [0.2, 0.25) is 0 Å². The van der Waals surface area contributed by atoms with Crippen LogP contribution in [0.25, 0.3) is 0 Å². The highest BCUT2D eigenvalue weighted by atomic mass is 16.3. The number of nitrogens with one attached hydrogen (secondary N) is 1. The lowest BCUT2D eigenvalue weighted by molar-refractivity contribution is -0.136. The lowest BCUT2D eigenvalue weighted by atomic mass is 10.1. The quantitative estimate of drug-likeness (QED) is 0.701. The molecule has 0 bridgehead atoms. The zero-order valence-corrected chi connectivity index (χ0v) is 11.2. The normalized spacial score (nSPS) is 17.2. The molecule has 1 unspecified atom stereocenters. The molecule has 0 aromatic heterocycles. The summed E-state index contributed by atoms with van der Waals surface area (Å²) < 4.78 is 0. The maximum Gasteiger partial charge on any atom is 0.240 e. The lowest BCUT2D eigenvalue weighted by Gasteiger charge is -2.23. The van der Waals surface area contributed by atoms with E-state index in [2.05, 4.69) is 5.32 Å². The van der Waals surface area contributed by atoms with Gasteiger partial charge in [-0.25, -0.2) is 0 Å². The Kier molecular flexibility index (Phi) is 4.57. The van der Waals surface area contributed by atoms with Crippen LogP contribution >= 0.6 is 0 Å².